The van der Waals surface area contributed by atoms with Crippen LogP contribution < -0.4 is 5.73 Å². The van der Waals surface area contributed by atoms with Gasteiger partial charge in [-0.1, -0.05) is 12.8 Å². The highest BCUT2D eigenvalue weighted by Gasteiger charge is 2.21. The van der Waals surface area contributed by atoms with Crippen LogP contribution in [-0.2, 0) is 15.8 Å². The molecule has 1 saturated carbocycles. The second-order valence-corrected chi connectivity index (χ2v) is 5.46. The monoisotopic (exact) mass is 261 g/mol. The van der Waals surface area contributed by atoms with E-state index >= 15 is 0 Å². The second-order valence-electron chi connectivity index (χ2n) is 4.22. The lowest BCUT2D eigenvalue weighted by atomic mass is 10.1. The number of nitrogens with zero attached hydrogens (tertiary/aromatic N) is 2. The maximum atomic E-state index is 10.6. The summed E-state index contributed by atoms with van der Waals surface area (Å²) in [6, 6.07) is 1.75. The third kappa shape index (κ3) is 3.29. The average Bonchev–Trinajstić information content (AvgIpc) is 2.82. The minimum absolute atomic E-state index is 0.331. The molecule has 1 fully saturated rings. The van der Waals surface area contributed by atoms with Gasteiger partial charge in [0.1, 0.15) is 5.82 Å². The van der Waals surface area contributed by atoms with E-state index in [2.05, 4.69) is 9.62 Å². The standard InChI is InChI=1S/C9H16N3O4P/c10-9-5-8(7-3-1-2-4-7)11-12(9)6-16-17(13,14)15/h5,7H,1-4,6,10H2,(H2,13,14,15). The van der Waals surface area contributed by atoms with Crippen molar-refractivity contribution < 1.29 is 18.9 Å². The summed E-state index contributed by atoms with van der Waals surface area (Å²) in [4.78, 5) is 17.2. The molecular formula is C9H16N3O4P. The molecule has 0 aromatic carbocycles. The Morgan fingerprint density at radius 3 is 2.76 bits per heavy atom. The molecule has 0 saturated heterocycles. The Morgan fingerprint density at radius 2 is 2.18 bits per heavy atom. The molecule has 0 amide bonds. The zero-order valence-electron chi connectivity index (χ0n) is 9.32. The first-order valence-electron chi connectivity index (χ1n) is 5.49. The molecule has 0 aliphatic heterocycles. The van der Waals surface area contributed by atoms with Gasteiger partial charge in [0, 0.05) is 12.0 Å². The highest BCUT2D eigenvalue weighted by molar-refractivity contribution is 7.46. The fourth-order valence-corrected chi connectivity index (χ4v) is 2.37. The molecule has 7 nitrogen and oxygen atoms in total. The topological polar surface area (TPSA) is 111 Å². The smallest absolute Gasteiger partial charge is 0.384 e. The zero-order valence-corrected chi connectivity index (χ0v) is 10.2. The van der Waals surface area contributed by atoms with Gasteiger partial charge in [-0.3, -0.25) is 4.52 Å². The molecular weight excluding hydrogens is 245 g/mol. The third-order valence-corrected chi connectivity index (χ3v) is 3.40. The first kappa shape index (κ1) is 12.6. The van der Waals surface area contributed by atoms with Crippen molar-refractivity contribution in [2.24, 2.45) is 0 Å². The Morgan fingerprint density at radius 1 is 1.53 bits per heavy atom. The van der Waals surface area contributed by atoms with E-state index in [4.69, 9.17) is 15.5 Å². The highest BCUT2D eigenvalue weighted by atomic mass is 31.2. The number of nitrogen functional groups attached to an aromatic ring is 1. The maximum Gasteiger partial charge on any atom is 0.471 e. The first-order valence-corrected chi connectivity index (χ1v) is 7.02. The van der Waals surface area contributed by atoms with Gasteiger partial charge < -0.3 is 15.5 Å². The van der Waals surface area contributed by atoms with Crippen LogP contribution in [0.15, 0.2) is 6.07 Å². The molecule has 4 N–H and O–H groups in total. The SMILES string of the molecule is Nc1cc(C2CCCC2)nn1COP(=O)(O)O. The normalized spacial score (nSPS) is 17.8. The Bertz CT molecular complexity index is 435. The number of rotatable bonds is 4. The van der Waals surface area contributed by atoms with Gasteiger partial charge in [-0.2, -0.15) is 5.10 Å². The zero-order chi connectivity index (χ0) is 12.5. The van der Waals surface area contributed by atoms with Gasteiger partial charge in [0.05, 0.1) is 5.69 Å². The van der Waals surface area contributed by atoms with E-state index in [1.54, 1.807) is 6.07 Å². The van der Waals surface area contributed by atoms with Gasteiger partial charge in [-0.25, -0.2) is 9.25 Å². The van der Waals surface area contributed by atoms with E-state index in [0.29, 0.717) is 11.7 Å². The van der Waals surface area contributed by atoms with E-state index in [-0.39, 0.29) is 6.73 Å². The number of anilines is 1. The summed E-state index contributed by atoms with van der Waals surface area (Å²) in [5.74, 6) is 0.772. The Labute approximate surface area is 98.8 Å². The summed E-state index contributed by atoms with van der Waals surface area (Å²) in [5, 5.41) is 4.22. The van der Waals surface area contributed by atoms with Crippen LogP contribution in [0.1, 0.15) is 37.3 Å². The molecule has 8 heteroatoms. The van der Waals surface area contributed by atoms with Crippen molar-refractivity contribution in [2.75, 3.05) is 5.73 Å². The number of aromatic nitrogens is 2. The molecule has 0 atom stereocenters. The second kappa shape index (κ2) is 4.78. The van der Waals surface area contributed by atoms with Crippen LogP contribution in [0, 0.1) is 0 Å². The van der Waals surface area contributed by atoms with Crippen molar-refractivity contribution in [1.82, 2.24) is 9.78 Å². The first-order chi connectivity index (χ1) is 7.96. The predicted molar refractivity (Wildman–Crippen MR) is 61.0 cm³/mol. The summed E-state index contributed by atoms with van der Waals surface area (Å²) in [7, 11) is -4.48. The maximum absolute atomic E-state index is 10.6. The van der Waals surface area contributed by atoms with Crippen LogP contribution in [-0.4, -0.2) is 19.6 Å². The van der Waals surface area contributed by atoms with Crippen LogP contribution in [0.25, 0.3) is 0 Å². The van der Waals surface area contributed by atoms with Gasteiger partial charge in [0.15, 0.2) is 6.73 Å². The Hall–Kier alpha value is -0.880. The van der Waals surface area contributed by atoms with E-state index in [9.17, 15) is 4.57 Å². The number of phosphoric acid groups is 1. The van der Waals surface area contributed by atoms with Crippen molar-refractivity contribution >= 4 is 13.6 Å². The third-order valence-electron chi connectivity index (χ3n) is 2.95. The highest BCUT2D eigenvalue weighted by Crippen LogP contribution is 2.37. The molecule has 0 bridgehead atoms. The van der Waals surface area contributed by atoms with Crippen LogP contribution in [0.4, 0.5) is 5.82 Å². The molecule has 0 spiro atoms. The Kier molecular flexibility index (Phi) is 3.53. The van der Waals surface area contributed by atoms with E-state index in [0.717, 1.165) is 18.5 Å². The molecule has 1 aromatic rings. The summed E-state index contributed by atoms with van der Waals surface area (Å²) < 4.78 is 16.2. The molecule has 1 aromatic heterocycles. The van der Waals surface area contributed by atoms with Crippen molar-refractivity contribution in [3.05, 3.63) is 11.8 Å². The molecule has 96 valence electrons. The lowest BCUT2D eigenvalue weighted by Crippen LogP contribution is -2.07. The van der Waals surface area contributed by atoms with Crippen molar-refractivity contribution in [3.63, 3.8) is 0 Å². The number of nitrogens with two attached hydrogens (primary N) is 1. The lowest BCUT2D eigenvalue weighted by molar-refractivity contribution is 0.146. The fourth-order valence-electron chi connectivity index (χ4n) is 2.11. The van der Waals surface area contributed by atoms with Crippen LogP contribution in [0.5, 0.6) is 0 Å². The van der Waals surface area contributed by atoms with Crippen LogP contribution >= 0.6 is 7.82 Å². The summed E-state index contributed by atoms with van der Waals surface area (Å²) in [5.41, 5.74) is 6.59. The molecule has 1 heterocycles. The molecule has 1 aliphatic rings. The summed E-state index contributed by atoms with van der Waals surface area (Å²) in [6.45, 7) is -0.331. The van der Waals surface area contributed by atoms with Crippen LogP contribution in [0.2, 0.25) is 0 Å². The van der Waals surface area contributed by atoms with Gasteiger partial charge in [-0.15, -0.1) is 0 Å². The van der Waals surface area contributed by atoms with Crippen molar-refractivity contribution in [3.8, 4) is 0 Å². The molecule has 0 unspecified atom stereocenters. The minimum atomic E-state index is -4.48. The minimum Gasteiger partial charge on any atom is -0.384 e. The lowest BCUT2D eigenvalue weighted by Gasteiger charge is -2.07. The molecule has 1 aliphatic carbocycles. The Balaban J connectivity index is 2.05. The van der Waals surface area contributed by atoms with Crippen molar-refractivity contribution in [1.29, 1.82) is 0 Å². The number of hydrogen-bond donors (Lipinski definition) is 3. The van der Waals surface area contributed by atoms with Crippen LogP contribution in [0.3, 0.4) is 0 Å². The fraction of sp³-hybridized carbons (Fsp3) is 0.667. The number of phosphoric ester groups is 1. The quantitative estimate of drug-likeness (QED) is 0.702. The molecule has 17 heavy (non-hydrogen) atoms. The number of hydrogen-bond acceptors (Lipinski definition) is 4. The summed E-state index contributed by atoms with van der Waals surface area (Å²) >= 11 is 0. The van der Waals surface area contributed by atoms with E-state index < -0.39 is 7.82 Å². The summed E-state index contributed by atoms with van der Waals surface area (Å²) in [6.07, 6.45) is 4.57. The van der Waals surface area contributed by atoms with Gasteiger partial charge in [0.2, 0.25) is 0 Å². The van der Waals surface area contributed by atoms with E-state index in [1.807, 2.05) is 0 Å². The largest absolute Gasteiger partial charge is 0.471 e. The average molecular weight is 261 g/mol. The van der Waals surface area contributed by atoms with Gasteiger partial charge in [0.25, 0.3) is 0 Å². The van der Waals surface area contributed by atoms with Gasteiger partial charge in [-0.05, 0) is 12.8 Å². The molecule has 0 radical (unpaired) electrons. The van der Waals surface area contributed by atoms with E-state index in [1.165, 1.54) is 17.5 Å². The molecule has 2 rings (SSSR count). The predicted octanol–water partition coefficient (Wildman–Crippen LogP) is 1.19. The van der Waals surface area contributed by atoms with Crippen molar-refractivity contribution in [2.45, 2.75) is 38.3 Å². The van der Waals surface area contributed by atoms with Gasteiger partial charge >= 0.3 is 7.82 Å².